The van der Waals surface area contributed by atoms with Crippen molar-refractivity contribution in [2.24, 2.45) is 0 Å². The summed E-state index contributed by atoms with van der Waals surface area (Å²) in [6.45, 7) is 1.89. The van der Waals surface area contributed by atoms with Gasteiger partial charge in [0.25, 0.3) is 0 Å². The molecule has 1 saturated carbocycles. The minimum absolute atomic E-state index is 0.216. The highest BCUT2D eigenvalue weighted by molar-refractivity contribution is 5.90. The molecule has 0 unspecified atom stereocenters. The molecule has 3 N–H and O–H groups in total. The van der Waals surface area contributed by atoms with Gasteiger partial charge in [0, 0.05) is 17.8 Å². The molecule has 106 valence electrons. The van der Waals surface area contributed by atoms with Crippen LogP contribution in [0.5, 0.6) is 0 Å². The molecule has 1 aliphatic rings. The first kappa shape index (κ1) is 14.1. The highest BCUT2D eigenvalue weighted by Gasteiger charge is 2.19. The summed E-state index contributed by atoms with van der Waals surface area (Å²) >= 11 is 0. The Hall–Kier alpha value is -2.30. The highest BCUT2D eigenvalue weighted by Crippen LogP contribution is 2.19. The van der Waals surface area contributed by atoms with Crippen molar-refractivity contribution in [2.45, 2.75) is 32.2 Å². The monoisotopic (exact) mass is 274 g/mol. The van der Waals surface area contributed by atoms with Gasteiger partial charge >= 0.3 is 12.0 Å². The number of carboxylic acids is 1. The van der Waals surface area contributed by atoms with Crippen LogP contribution in [-0.4, -0.2) is 23.1 Å². The van der Waals surface area contributed by atoms with Crippen LogP contribution in [0.1, 0.15) is 30.4 Å². The van der Waals surface area contributed by atoms with Crippen molar-refractivity contribution in [3.8, 4) is 0 Å². The summed E-state index contributed by atoms with van der Waals surface area (Å²) in [6.07, 6.45) is 5.84. The van der Waals surface area contributed by atoms with Gasteiger partial charge in [-0.2, -0.15) is 0 Å². The molecule has 2 amide bonds. The first-order chi connectivity index (χ1) is 9.54. The van der Waals surface area contributed by atoms with Crippen molar-refractivity contribution in [3.63, 3.8) is 0 Å². The molecule has 1 fully saturated rings. The summed E-state index contributed by atoms with van der Waals surface area (Å²) in [6, 6.07) is 5.47. The predicted octanol–water partition coefficient (Wildman–Crippen LogP) is 2.77. The summed E-state index contributed by atoms with van der Waals surface area (Å²) < 4.78 is 0. The average molecular weight is 274 g/mol. The number of amides is 2. The Morgan fingerprint density at radius 2 is 2.10 bits per heavy atom. The first-order valence-electron chi connectivity index (χ1n) is 6.64. The summed E-state index contributed by atoms with van der Waals surface area (Å²) in [5.74, 6) is -0.995. The van der Waals surface area contributed by atoms with Gasteiger partial charge in [-0.3, -0.25) is 0 Å². The highest BCUT2D eigenvalue weighted by atomic mass is 16.4. The Morgan fingerprint density at radius 1 is 1.35 bits per heavy atom. The van der Waals surface area contributed by atoms with Gasteiger partial charge in [-0.05, 0) is 55.5 Å². The molecule has 20 heavy (non-hydrogen) atoms. The maximum Gasteiger partial charge on any atom is 0.328 e. The number of aryl methyl sites for hydroxylation is 1. The smallest absolute Gasteiger partial charge is 0.328 e. The average Bonchev–Trinajstić information content (AvgIpc) is 2.34. The van der Waals surface area contributed by atoms with Gasteiger partial charge in [-0.1, -0.05) is 6.07 Å². The van der Waals surface area contributed by atoms with E-state index in [0.29, 0.717) is 5.69 Å². The number of hydrogen-bond donors (Lipinski definition) is 3. The largest absolute Gasteiger partial charge is 0.478 e. The van der Waals surface area contributed by atoms with E-state index < -0.39 is 5.97 Å². The molecule has 1 aliphatic carbocycles. The third-order valence-electron chi connectivity index (χ3n) is 3.38. The summed E-state index contributed by atoms with van der Waals surface area (Å²) in [5, 5.41) is 14.3. The molecule has 1 aromatic carbocycles. The second-order valence-corrected chi connectivity index (χ2v) is 4.97. The molecule has 0 radical (unpaired) electrons. The molecule has 0 aromatic heterocycles. The maximum atomic E-state index is 11.7. The molecule has 0 aliphatic heterocycles. The quantitative estimate of drug-likeness (QED) is 0.739. The van der Waals surface area contributed by atoms with Crippen molar-refractivity contribution in [1.82, 2.24) is 5.32 Å². The van der Waals surface area contributed by atoms with Crippen molar-refractivity contribution in [1.29, 1.82) is 0 Å². The van der Waals surface area contributed by atoms with E-state index in [2.05, 4.69) is 10.6 Å². The summed E-state index contributed by atoms with van der Waals surface area (Å²) in [7, 11) is 0. The normalized spacial score (nSPS) is 14.8. The van der Waals surface area contributed by atoms with E-state index in [1.54, 1.807) is 12.1 Å². The topological polar surface area (TPSA) is 78.4 Å². The number of hydrogen-bond acceptors (Lipinski definition) is 2. The molecule has 1 aromatic rings. The van der Waals surface area contributed by atoms with Crippen LogP contribution < -0.4 is 10.6 Å². The lowest BCUT2D eigenvalue weighted by atomic mass is 9.93. The van der Waals surface area contributed by atoms with Crippen LogP contribution in [0.3, 0.4) is 0 Å². The van der Waals surface area contributed by atoms with Crippen molar-refractivity contribution >= 4 is 23.8 Å². The van der Waals surface area contributed by atoms with Crippen molar-refractivity contribution in [2.75, 3.05) is 5.32 Å². The first-order valence-corrected chi connectivity index (χ1v) is 6.64. The number of carbonyl (C=O) groups excluding carboxylic acids is 1. The predicted molar refractivity (Wildman–Crippen MR) is 77.6 cm³/mol. The zero-order valence-corrected chi connectivity index (χ0v) is 11.3. The minimum atomic E-state index is -0.995. The number of aliphatic carboxylic acids is 1. The fourth-order valence-electron chi connectivity index (χ4n) is 1.96. The lowest BCUT2D eigenvalue weighted by Gasteiger charge is -2.26. The summed E-state index contributed by atoms with van der Waals surface area (Å²) in [5.41, 5.74) is 2.37. The Bertz CT molecular complexity index is 548. The van der Waals surface area contributed by atoms with Crippen molar-refractivity contribution < 1.29 is 14.7 Å². The lowest BCUT2D eigenvalue weighted by Crippen LogP contribution is -2.41. The third-order valence-corrected chi connectivity index (χ3v) is 3.38. The fraction of sp³-hybridized carbons (Fsp3) is 0.333. The molecular weight excluding hydrogens is 256 g/mol. The van der Waals surface area contributed by atoms with Crippen molar-refractivity contribution in [3.05, 3.63) is 35.4 Å². The third kappa shape index (κ3) is 3.85. The number of anilines is 1. The molecule has 0 saturated heterocycles. The van der Waals surface area contributed by atoms with Gasteiger partial charge in [0.15, 0.2) is 0 Å². The van der Waals surface area contributed by atoms with Crippen LogP contribution in [0.25, 0.3) is 6.08 Å². The second kappa shape index (κ2) is 6.23. The van der Waals surface area contributed by atoms with Crippen LogP contribution in [0.2, 0.25) is 0 Å². The lowest BCUT2D eigenvalue weighted by molar-refractivity contribution is -0.131. The molecule has 2 rings (SSSR count). The zero-order valence-electron chi connectivity index (χ0n) is 11.3. The molecule has 5 nitrogen and oxygen atoms in total. The summed E-state index contributed by atoms with van der Waals surface area (Å²) in [4.78, 5) is 22.3. The Labute approximate surface area is 117 Å². The molecule has 5 heteroatoms. The number of rotatable bonds is 4. The molecule has 0 heterocycles. The van der Waals surface area contributed by atoms with Crippen LogP contribution in [0, 0.1) is 6.92 Å². The van der Waals surface area contributed by atoms with Gasteiger partial charge in [0.2, 0.25) is 0 Å². The van der Waals surface area contributed by atoms with Crippen LogP contribution in [0.4, 0.5) is 10.5 Å². The standard InChI is InChI=1S/C15H18N2O3/c1-10-5-7-13(9-11(10)6-8-14(18)19)17-15(20)16-12-3-2-4-12/h5-9,12H,2-4H2,1H3,(H,18,19)(H2,16,17,20)/b8-6+. The number of carboxylic acid groups (broad SMARTS) is 1. The van der Waals surface area contributed by atoms with Crippen LogP contribution in [0.15, 0.2) is 24.3 Å². The van der Waals surface area contributed by atoms with Crippen LogP contribution >= 0.6 is 0 Å². The van der Waals surface area contributed by atoms with E-state index in [-0.39, 0.29) is 12.1 Å². The number of urea groups is 1. The van der Waals surface area contributed by atoms with Gasteiger partial charge in [-0.25, -0.2) is 9.59 Å². The number of nitrogens with one attached hydrogen (secondary N) is 2. The second-order valence-electron chi connectivity index (χ2n) is 4.97. The van der Waals surface area contributed by atoms with E-state index in [0.717, 1.165) is 30.0 Å². The van der Waals surface area contributed by atoms with Gasteiger partial charge in [0.1, 0.15) is 0 Å². The Morgan fingerprint density at radius 3 is 2.70 bits per heavy atom. The van der Waals surface area contributed by atoms with E-state index >= 15 is 0 Å². The minimum Gasteiger partial charge on any atom is -0.478 e. The van der Waals surface area contributed by atoms with Gasteiger partial charge in [-0.15, -0.1) is 0 Å². The SMILES string of the molecule is Cc1ccc(NC(=O)NC2CCC2)cc1/C=C/C(=O)O. The fourth-order valence-corrected chi connectivity index (χ4v) is 1.96. The van der Waals surface area contributed by atoms with Gasteiger partial charge < -0.3 is 15.7 Å². The zero-order chi connectivity index (χ0) is 14.5. The van der Waals surface area contributed by atoms with Gasteiger partial charge in [0.05, 0.1) is 0 Å². The number of benzene rings is 1. The van der Waals surface area contributed by atoms with E-state index in [9.17, 15) is 9.59 Å². The molecule has 0 bridgehead atoms. The Kier molecular flexibility index (Phi) is 4.40. The van der Waals surface area contributed by atoms with Crippen LogP contribution in [-0.2, 0) is 4.79 Å². The number of carbonyl (C=O) groups is 2. The Balaban J connectivity index is 2.02. The van der Waals surface area contributed by atoms with E-state index in [1.807, 2.05) is 13.0 Å². The van der Waals surface area contributed by atoms with E-state index in [1.165, 1.54) is 12.5 Å². The molecule has 0 spiro atoms. The molecular formula is C15H18N2O3. The van der Waals surface area contributed by atoms with E-state index in [4.69, 9.17) is 5.11 Å². The molecule has 0 atom stereocenters. The maximum absolute atomic E-state index is 11.7.